The van der Waals surface area contributed by atoms with Gasteiger partial charge in [-0.25, -0.2) is 9.50 Å². The van der Waals surface area contributed by atoms with Gasteiger partial charge in [-0.05, 0) is 53.2 Å². The van der Waals surface area contributed by atoms with E-state index in [0.29, 0.717) is 22.4 Å². The smallest absolute Gasteiger partial charge is 0.433 e. The van der Waals surface area contributed by atoms with Crippen molar-refractivity contribution in [1.82, 2.24) is 29.3 Å². The average Bonchev–Trinajstić information content (AvgIpc) is 3.40. The van der Waals surface area contributed by atoms with Crippen molar-refractivity contribution in [3.63, 3.8) is 0 Å². The van der Waals surface area contributed by atoms with Crippen LogP contribution in [0.15, 0.2) is 47.1 Å². The number of aromatic nitrogens is 5. The molecule has 0 spiro atoms. The van der Waals surface area contributed by atoms with E-state index in [1.807, 2.05) is 6.92 Å². The van der Waals surface area contributed by atoms with Gasteiger partial charge in [-0.15, -0.1) is 0 Å². The molecule has 0 fully saturated rings. The topological polar surface area (TPSA) is 77.5 Å². The lowest BCUT2D eigenvalue weighted by atomic mass is 10.1. The average molecular weight is 537 g/mol. The van der Waals surface area contributed by atoms with Gasteiger partial charge >= 0.3 is 6.18 Å². The summed E-state index contributed by atoms with van der Waals surface area (Å²) in [6.07, 6.45) is -3.08. The molecule has 0 atom stereocenters. The zero-order chi connectivity index (χ0) is 24.6. The molecule has 34 heavy (non-hydrogen) atoms. The van der Waals surface area contributed by atoms with Crippen molar-refractivity contribution in [3.05, 3.63) is 64.1 Å². The Morgan fingerprint density at radius 1 is 1.21 bits per heavy atom. The predicted octanol–water partition coefficient (Wildman–Crippen LogP) is 4.67. The van der Waals surface area contributed by atoms with Gasteiger partial charge in [-0.3, -0.25) is 9.48 Å². The van der Waals surface area contributed by atoms with Gasteiger partial charge < -0.3 is 9.64 Å². The van der Waals surface area contributed by atoms with Crippen molar-refractivity contribution < 1.29 is 22.7 Å². The molecular weight excluding hydrogens is 517 g/mol. The van der Waals surface area contributed by atoms with Gasteiger partial charge in [-0.2, -0.15) is 23.4 Å². The number of hydrogen-bond acceptors (Lipinski definition) is 5. The monoisotopic (exact) mass is 536 g/mol. The fourth-order valence-corrected chi connectivity index (χ4v) is 3.92. The number of nitrogens with zero attached hydrogens (tertiary/aromatic N) is 6. The summed E-state index contributed by atoms with van der Waals surface area (Å²) in [6.45, 7) is 2.71. The van der Waals surface area contributed by atoms with Gasteiger partial charge in [0.2, 0.25) is 0 Å². The summed E-state index contributed by atoms with van der Waals surface area (Å²) < 4.78 is 49.8. The molecule has 4 aromatic rings. The third kappa shape index (κ3) is 4.49. The Bertz CT molecular complexity index is 1350. The summed E-state index contributed by atoms with van der Waals surface area (Å²) in [6, 6.07) is 8.66. The van der Waals surface area contributed by atoms with Crippen LogP contribution in [0.25, 0.3) is 16.9 Å². The molecule has 178 valence electrons. The highest BCUT2D eigenvalue weighted by Crippen LogP contribution is 2.33. The molecule has 0 saturated heterocycles. The van der Waals surface area contributed by atoms with Gasteiger partial charge in [-0.1, -0.05) is 0 Å². The van der Waals surface area contributed by atoms with Gasteiger partial charge in [0.25, 0.3) is 5.91 Å². The first-order chi connectivity index (χ1) is 16.1. The second kappa shape index (κ2) is 9.09. The number of amides is 1. The Balaban J connectivity index is 1.73. The molecule has 1 aromatic carbocycles. The van der Waals surface area contributed by atoms with Crippen molar-refractivity contribution in [1.29, 1.82) is 0 Å². The number of ether oxygens (including phenoxy) is 1. The fraction of sp³-hybridized carbons (Fsp3) is 0.273. The van der Waals surface area contributed by atoms with E-state index in [4.69, 9.17) is 4.74 Å². The summed E-state index contributed by atoms with van der Waals surface area (Å²) in [7, 11) is 3.05. The van der Waals surface area contributed by atoms with E-state index in [2.05, 4.69) is 31.1 Å². The van der Waals surface area contributed by atoms with Crippen LogP contribution in [0.5, 0.6) is 5.75 Å². The van der Waals surface area contributed by atoms with Crippen LogP contribution in [-0.2, 0) is 19.3 Å². The lowest BCUT2D eigenvalue weighted by Crippen LogP contribution is -2.28. The maximum atomic E-state index is 13.9. The summed E-state index contributed by atoms with van der Waals surface area (Å²) in [5.41, 5.74) is 0.0706. The molecule has 0 saturated carbocycles. The molecule has 4 rings (SSSR count). The van der Waals surface area contributed by atoms with E-state index < -0.39 is 17.8 Å². The molecule has 12 heteroatoms. The molecule has 0 unspecified atom stereocenters. The van der Waals surface area contributed by atoms with Crippen LogP contribution in [0.3, 0.4) is 0 Å². The lowest BCUT2D eigenvalue weighted by molar-refractivity contribution is -0.142. The van der Waals surface area contributed by atoms with Gasteiger partial charge in [0.15, 0.2) is 17.0 Å². The summed E-state index contributed by atoms with van der Waals surface area (Å²) >= 11 is 3.41. The van der Waals surface area contributed by atoms with E-state index >= 15 is 0 Å². The first-order valence-corrected chi connectivity index (χ1v) is 11.0. The van der Waals surface area contributed by atoms with Crippen LogP contribution in [0, 0.1) is 0 Å². The summed E-state index contributed by atoms with van der Waals surface area (Å²) in [4.78, 5) is 18.7. The molecule has 0 radical (unpaired) electrons. The number of carbonyl (C=O) groups excluding carboxylic acids is 1. The van der Waals surface area contributed by atoms with Crippen LogP contribution >= 0.6 is 15.9 Å². The number of aryl methyl sites for hydroxylation is 1. The number of fused-ring (bicyclic) bond motifs is 1. The molecule has 1 amide bonds. The Labute approximate surface area is 201 Å². The van der Waals surface area contributed by atoms with Gasteiger partial charge in [0, 0.05) is 25.2 Å². The highest BCUT2D eigenvalue weighted by atomic mass is 79.9. The maximum Gasteiger partial charge on any atom is 0.433 e. The third-order valence-electron chi connectivity index (χ3n) is 5.25. The highest BCUT2D eigenvalue weighted by Gasteiger charge is 2.36. The Morgan fingerprint density at radius 3 is 2.53 bits per heavy atom. The molecule has 0 aliphatic rings. The summed E-state index contributed by atoms with van der Waals surface area (Å²) in [5.74, 6) is 0.0255. The van der Waals surface area contributed by atoms with Gasteiger partial charge in [0.05, 0.1) is 35.7 Å². The minimum atomic E-state index is -4.71. The molecule has 0 N–H and O–H groups in total. The van der Waals surface area contributed by atoms with Crippen LogP contribution in [0.2, 0.25) is 0 Å². The number of hydrogen-bond donors (Lipinski definition) is 0. The zero-order valence-electron chi connectivity index (χ0n) is 18.5. The minimum absolute atomic E-state index is 0.0860. The number of halogens is 4. The second-order valence-corrected chi connectivity index (χ2v) is 8.32. The number of methoxy groups -OCH3 is 1. The number of carbonyl (C=O) groups is 1. The van der Waals surface area contributed by atoms with Crippen LogP contribution in [0.4, 0.5) is 13.2 Å². The molecule has 0 aliphatic carbocycles. The second-order valence-electron chi connectivity index (χ2n) is 7.47. The van der Waals surface area contributed by atoms with Crippen LogP contribution in [-0.4, -0.2) is 49.3 Å². The van der Waals surface area contributed by atoms with E-state index in [9.17, 15) is 18.0 Å². The van der Waals surface area contributed by atoms with Crippen molar-refractivity contribution >= 4 is 27.5 Å². The quantitative estimate of drug-likeness (QED) is 0.357. The Hall–Kier alpha value is -3.41. The number of alkyl halides is 3. The van der Waals surface area contributed by atoms with Crippen molar-refractivity contribution in [3.8, 4) is 17.0 Å². The van der Waals surface area contributed by atoms with Crippen molar-refractivity contribution in [2.75, 3.05) is 14.2 Å². The zero-order valence-corrected chi connectivity index (χ0v) is 20.1. The lowest BCUT2D eigenvalue weighted by Gasteiger charge is -2.17. The van der Waals surface area contributed by atoms with E-state index in [0.717, 1.165) is 16.2 Å². The number of rotatable bonds is 6. The maximum absolute atomic E-state index is 13.9. The predicted molar refractivity (Wildman–Crippen MR) is 121 cm³/mol. The molecular formula is C22H20BrF3N6O2. The molecule has 0 bridgehead atoms. The SMILES string of the molecule is CCn1ncc(Br)c1CN(C)C(=O)c1cc2nc(-c3ccc(OC)cc3)cc(C(F)(F)F)n2n1. The largest absolute Gasteiger partial charge is 0.497 e. The Kier molecular flexibility index (Phi) is 6.34. The normalized spacial score (nSPS) is 11.7. The Morgan fingerprint density at radius 2 is 1.91 bits per heavy atom. The third-order valence-corrected chi connectivity index (χ3v) is 5.92. The van der Waals surface area contributed by atoms with E-state index in [1.54, 1.807) is 42.2 Å². The number of benzene rings is 1. The molecule has 0 aliphatic heterocycles. The first kappa shape index (κ1) is 23.7. The van der Waals surface area contributed by atoms with E-state index in [1.165, 1.54) is 18.1 Å². The van der Waals surface area contributed by atoms with Crippen LogP contribution in [0.1, 0.15) is 28.8 Å². The van der Waals surface area contributed by atoms with Gasteiger partial charge in [0.1, 0.15) is 5.75 Å². The van der Waals surface area contributed by atoms with Crippen molar-refractivity contribution in [2.45, 2.75) is 26.2 Å². The fourth-order valence-electron chi connectivity index (χ4n) is 3.50. The summed E-state index contributed by atoms with van der Waals surface area (Å²) in [5, 5.41) is 8.16. The molecule has 8 nitrogen and oxygen atoms in total. The van der Waals surface area contributed by atoms with E-state index in [-0.39, 0.29) is 23.6 Å². The first-order valence-electron chi connectivity index (χ1n) is 10.2. The molecule has 3 aromatic heterocycles. The molecule has 3 heterocycles. The standard InChI is InChI=1S/C22H20BrF3N6O2/c1-4-31-18(15(23)11-27-31)12-30(2)21(33)17-10-20-28-16(13-5-7-14(34-3)8-6-13)9-19(22(24,25)26)32(20)29-17/h5-11H,4,12H2,1-3H3. The van der Waals surface area contributed by atoms with Crippen molar-refractivity contribution in [2.24, 2.45) is 0 Å². The van der Waals surface area contributed by atoms with Crippen LogP contribution < -0.4 is 4.74 Å². The highest BCUT2D eigenvalue weighted by molar-refractivity contribution is 9.10. The minimum Gasteiger partial charge on any atom is -0.497 e.